The van der Waals surface area contributed by atoms with E-state index in [9.17, 15) is 9.50 Å². The fourth-order valence-corrected chi connectivity index (χ4v) is 4.11. The molecule has 1 aliphatic rings. The molecule has 0 saturated heterocycles. The van der Waals surface area contributed by atoms with E-state index in [1.54, 1.807) is 18.3 Å². The minimum absolute atomic E-state index is 0.128. The van der Waals surface area contributed by atoms with Crippen LogP contribution in [0.4, 0.5) is 4.39 Å². The van der Waals surface area contributed by atoms with Crippen LogP contribution in [0, 0.1) is 11.2 Å². The van der Waals surface area contributed by atoms with Crippen LogP contribution >= 0.6 is 0 Å². The summed E-state index contributed by atoms with van der Waals surface area (Å²) in [6.45, 7) is 4.16. The van der Waals surface area contributed by atoms with Crippen molar-refractivity contribution in [3.63, 3.8) is 0 Å². The Kier molecular flexibility index (Phi) is 8.64. The number of ether oxygens (including phenoxy) is 1. The molecule has 0 atom stereocenters. The molecule has 6 nitrogen and oxygen atoms in total. The summed E-state index contributed by atoms with van der Waals surface area (Å²) >= 11 is 0. The third-order valence-corrected chi connectivity index (χ3v) is 5.80. The number of hydrogen-bond acceptors (Lipinski definition) is 4. The van der Waals surface area contributed by atoms with E-state index in [1.807, 2.05) is 19.1 Å². The number of nitrogens with one attached hydrogen (secondary N) is 2. The first kappa shape index (κ1) is 23.0. The highest BCUT2D eigenvalue weighted by Gasteiger charge is 2.31. The van der Waals surface area contributed by atoms with Crippen LogP contribution in [-0.2, 0) is 6.54 Å². The number of aromatic nitrogens is 1. The molecule has 0 aliphatic heterocycles. The standard InChI is InChI=1S/C24H33FN4O2/c1-2-26-23(29-18-24(13-15-30)11-4-3-5-12-24)28-17-19-8-7-14-27-22(19)31-21-10-6-9-20(25)16-21/h6-10,14,16,30H,2-5,11-13,15,17-18H2,1H3,(H2,26,28,29). The average molecular weight is 429 g/mol. The van der Waals surface area contributed by atoms with Gasteiger partial charge in [0, 0.05) is 37.5 Å². The molecule has 1 heterocycles. The number of aliphatic imine (C=N–C) groups is 1. The molecule has 1 aromatic carbocycles. The second-order valence-electron chi connectivity index (χ2n) is 8.11. The summed E-state index contributed by atoms with van der Waals surface area (Å²) in [5.41, 5.74) is 0.940. The second-order valence-corrected chi connectivity index (χ2v) is 8.11. The molecule has 168 valence electrons. The second kappa shape index (κ2) is 11.6. The van der Waals surface area contributed by atoms with Gasteiger partial charge in [0.2, 0.25) is 5.88 Å². The number of benzene rings is 1. The van der Waals surface area contributed by atoms with Crippen LogP contribution in [-0.4, -0.2) is 35.7 Å². The Morgan fingerprint density at radius 1 is 1.19 bits per heavy atom. The summed E-state index contributed by atoms with van der Waals surface area (Å²) < 4.78 is 19.3. The summed E-state index contributed by atoms with van der Waals surface area (Å²) in [7, 11) is 0. The minimum atomic E-state index is -0.355. The van der Waals surface area contributed by atoms with Crippen LogP contribution in [0.3, 0.4) is 0 Å². The SMILES string of the molecule is CCNC(=NCc1cccnc1Oc1cccc(F)c1)NCC1(CCO)CCCCC1. The molecule has 0 amide bonds. The Hall–Kier alpha value is -2.67. The zero-order valence-electron chi connectivity index (χ0n) is 18.2. The highest BCUT2D eigenvalue weighted by molar-refractivity contribution is 5.79. The lowest BCUT2D eigenvalue weighted by atomic mass is 9.72. The average Bonchev–Trinajstić information content (AvgIpc) is 2.77. The maximum atomic E-state index is 13.5. The minimum Gasteiger partial charge on any atom is -0.439 e. The molecule has 0 unspecified atom stereocenters. The van der Waals surface area contributed by atoms with Gasteiger partial charge >= 0.3 is 0 Å². The van der Waals surface area contributed by atoms with Gasteiger partial charge < -0.3 is 20.5 Å². The number of nitrogens with zero attached hydrogens (tertiary/aromatic N) is 2. The van der Waals surface area contributed by atoms with Gasteiger partial charge in [-0.15, -0.1) is 0 Å². The smallest absolute Gasteiger partial charge is 0.224 e. The van der Waals surface area contributed by atoms with Gasteiger partial charge in [0.15, 0.2) is 5.96 Å². The van der Waals surface area contributed by atoms with Gasteiger partial charge in [-0.1, -0.05) is 31.4 Å². The number of aliphatic hydroxyl groups is 1. The molecule has 3 rings (SSSR count). The van der Waals surface area contributed by atoms with Gasteiger partial charge in [0.25, 0.3) is 0 Å². The lowest BCUT2D eigenvalue weighted by Gasteiger charge is -2.37. The summed E-state index contributed by atoms with van der Waals surface area (Å²) in [5, 5.41) is 16.3. The Balaban J connectivity index is 1.69. The third-order valence-electron chi connectivity index (χ3n) is 5.80. The van der Waals surface area contributed by atoms with Crippen molar-refractivity contribution in [3.8, 4) is 11.6 Å². The molecule has 0 bridgehead atoms. The van der Waals surface area contributed by atoms with E-state index in [0.717, 1.165) is 43.9 Å². The molecule has 1 fully saturated rings. The molecule has 2 aromatic rings. The first-order valence-corrected chi connectivity index (χ1v) is 11.1. The van der Waals surface area contributed by atoms with Crippen molar-refractivity contribution < 1.29 is 14.2 Å². The molecule has 1 aliphatic carbocycles. The fourth-order valence-electron chi connectivity index (χ4n) is 4.11. The summed E-state index contributed by atoms with van der Waals surface area (Å²) in [5.74, 6) is 1.19. The van der Waals surface area contributed by atoms with Crippen molar-refractivity contribution in [2.24, 2.45) is 10.4 Å². The largest absolute Gasteiger partial charge is 0.439 e. The molecule has 1 aromatic heterocycles. The number of halogens is 1. The van der Waals surface area contributed by atoms with Crippen molar-refractivity contribution >= 4 is 5.96 Å². The van der Waals surface area contributed by atoms with Gasteiger partial charge in [-0.2, -0.15) is 0 Å². The van der Waals surface area contributed by atoms with Gasteiger partial charge in [0.1, 0.15) is 11.6 Å². The van der Waals surface area contributed by atoms with Crippen LogP contribution in [0.25, 0.3) is 0 Å². The Labute approximate surface area is 184 Å². The molecular formula is C24H33FN4O2. The Bertz CT molecular complexity index is 847. The predicted molar refractivity (Wildman–Crippen MR) is 121 cm³/mol. The number of pyridine rings is 1. The molecule has 1 saturated carbocycles. The molecular weight excluding hydrogens is 395 g/mol. The number of rotatable bonds is 9. The van der Waals surface area contributed by atoms with Crippen LogP contribution in [0.15, 0.2) is 47.6 Å². The highest BCUT2D eigenvalue weighted by atomic mass is 19.1. The van der Waals surface area contributed by atoms with Gasteiger partial charge in [-0.25, -0.2) is 14.4 Å². The maximum Gasteiger partial charge on any atom is 0.224 e. The monoisotopic (exact) mass is 428 g/mol. The molecule has 31 heavy (non-hydrogen) atoms. The van der Waals surface area contributed by atoms with Crippen molar-refractivity contribution in [2.45, 2.75) is 52.0 Å². The molecule has 0 radical (unpaired) electrons. The van der Waals surface area contributed by atoms with E-state index < -0.39 is 0 Å². The van der Waals surface area contributed by atoms with E-state index >= 15 is 0 Å². The molecule has 0 spiro atoms. The van der Waals surface area contributed by atoms with Crippen molar-refractivity contribution in [1.29, 1.82) is 0 Å². The van der Waals surface area contributed by atoms with Gasteiger partial charge in [-0.05, 0) is 49.8 Å². The van der Waals surface area contributed by atoms with Crippen molar-refractivity contribution in [3.05, 3.63) is 54.0 Å². The van der Waals surface area contributed by atoms with Crippen LogP contribution in [0.2, 0.25) is 0 Å². The van der Waals surface area contributed by atoms with E-state index in [2.05, 4.69) is 15.6 Å². The lowest BCUT2D eigenvalue weighted by Crippen LogP contribution is -2.44. The summed E-state index contributed by atoms with van der Waals surface area (Å²) in [4.78, 5) is 9.02. The summed E-state index contributed by atoms with van der Waals surface area (Å²) in [6.07, 6.45) is 8.43. The first-order chi connectivity index (χ1) is 15.1. The predicted octanol–water partition coefficient (Wildman–Crippen LogP) is 4.40. The number of aliphatic hydroxyl groups excluding tert-OH is 1. The Morgan fingerprint density at radius 3 is 2.77 bits per heavy atom. The number of guanidine groups is 1. The summed E-state index contributed by atoms with van der Waals surface area (Å²) in [6, 6.07) is 9.75. The Morgan fingerprint density at radius 2 is 2.03 bits per heavy atom. The molecule has 3 N–H and O–H groups in total. The van der Waals surface area contributed by atoms with E-state index in [1.165, 1.54) is 31.4 Å². The quantitative estimate of drug-likeness (QED) is 0.408. The van der Waals surface area contributed by atoms with Crippen molar-refractivity contribution in [1.82, 2.24) is 15.6 Å². The van der Waals surface area contributed by atoms with E-state index in [4.69, 9.17) is 9.73 Å². The highest BCUT2D eigenvalue weighted by Crippen LogP contribution is 2.38. The number of hydrogen-bond donors (Lipinski definition) is 3. The normalized spacial score (nSPS) is 16.0. The van der Waals surface area contributed by atoms with Crippen LogP contribution < -0.4 is 15.4 Å². The molecule has 7 heteroatoms. The van der Waals surface area contributed by atoms with E-state index in [0.29, 0.717) is 18.2 Å². The van der Waals surface area contributed by atoms with Crippen LogP contribution in [0.1, 0.15) is 51.0 Å². The van der Waals surface area contributed by atoms with Gasteiger partial charge in [0.05, 0.1) is 6.54 Å². The third kappa shape index (κ3) is 6.92. The zero-order chi connectivity index (χ0) is 21.9. The van der Waals surface area contributed by atoms with Crippen molar-refractivity contribution in [2.75, 3.05) is 19.7 Å². The van der Waals surface area contributed by atoms with Crippen LogP contribution in [0.5, 0.6) is 11.6 Å². The fraction of sp³-hybridized carbons (Fsp3) is 0.500. The lowest BCUT2D eigenvalue weighted by molar-refractivity contribution is 0.131. The first-order valence-electron chi connectivity index (χ1n) is 11.1. The topological polar surface area (TPSA) is 78.8 Å². The van der Waals surface area contributed by atoms with Gasteiger partial charge in [-0.3, -0.25) is 0 Å². The van der Waals surface area contributed by atoms with E-state index in [-0.39, 0.29) is 17.8 Å². The maximum absolute atomic E-state index is 13.5. The zero-order valence-corrected chi connectivity index (χ0v) is 18.2.